The SMILES string of the molecule is O=C1C[C@@H](NNc2ccccc2)C(=O)N1c1ccccc1. The van der Waals surface area contributed by atoms with Crippen molar-refractivity contribution in [1.29, 1.82) is 0 Å². The van der Waals surface area contributed by atoms with Gasteiger partial charge in [0.05, 0.1) is 12.1 Å². The molecule has 0 spiro atoms. The van der Waals surface area contributed by atoms with Crippen molar-refractivity contribution in [2.45, 2.75) is 12.5 Å². The van der Waals surface area contributed by atoms with E-state index in [0.29, 0.717) is 5.69 Å². The van der Waals surface area contributed by atoms with Crippen molar-refractivity contribution in [3.8, 4) is 0 Å². The Kier molecular flexibility index (Phi) is 3.66. The number of anilines is 2. The number of para-hydroxylation sites is 2. The zero-order chi connectivity index (χ0) is 14.7. The largest absolute Gasteiger partial charge is 0.321 e. The quantitative estimate of drug-likeness (QED) is 0.664. The van der Waals surface area contributed by atoms with Gasteiger partial charge in [0.15, 0.2) is 0 Å². The normalized spacial score (nSPS) is 18.1. The maximum Gasteiger partial charge on any atom is 0.253 e. The molecule has 3 rings (SSSR count). The van der Waals surface area contributed by atoms with Gasteiger partial charge in [-0.15, -0.1) is 0 Å². The Hall–Kier alpha value is -2.66. The molecular weight excluding hydrogens is 266 g/mol. The summed E-state index contributed by atoms with van der Waals surface area (Å²) in [5.41, 5.74) is 7.33. The lowest BCUT2D eigenvalue weighted by atomic mass is 10.2. The summed E-state index contributed by atoms with van der Waals surface area (Å²) in [4.78, 5) is 25.6. The molecule has 0 unspecified atom stereocenters. The summed E-state index contributed by atoms with van der Waals surface area (Å²) in [5.74, 6) is -0.437. The highest BCUT2D eigenvalue weighted by atomic mass is 16.2. The van der Waals surface area contributed by atoms with Gasteiger partial charge in [-0.25, -0.2) is 10.3 Å². The molecule has 0 aliphatic carbocycles. The van der Waals surface area contributed by atoms with Gasteiger partial charge in [0.25, 0.3) is 5.91 Å². The van der Waals surface area contributed by atoms with E-state index in [9.17, 15) is 9.59 Å². The predicted octanol–water partition coefficient (Wildman–Crippen LogP) is 1.94. The lowest BCUT2D eigenvalue weighted by Gasteiger charge is -2.16. The van der Waals surface area contributed by atoms with E-state index in [4.69, 9.17) is 0 Å². The highest BCUT2D eigenvalue weighted by Gasteiger charge is 2.39. The van der Waals surface area contributed by atoms with Crippen LogP contribution in [-0.4, -0.2) is 17.9 Å². The summed E-state index contributed by atoms with van der Waals surface area (Å²) in [5, 5.41) is 0. The fourth-order valence-electron chi connectivity index (χ4n) is 2.28. The fourth-order valence-corrected chi connectivity index (χ4v) is 2.28. The summed E-state index contributed by atoms with van der Waals surface area (Å²) in [7, 11) is 0. The topological polar surface area (TPSA) is 61.4 Å². The first-order chi connectivity index (χ1) is 10.3. The molecule has 1 saturated heterocycles. The van der Waals surface area contributed by atoms with Crippen LogP contribution in [0.15, 0.2) is 60.7 Å². The Morgan fingerprint density at radius 1 is 0.905 bits per heavy atom. The summed E-state index contributed by atoms with van der Waals surface area (Å²) < 4.78 is 0. The molecule has 106 valence electrons. The molecular formula is C16H15N3O2. The second kappa shape index (κ2) is 5.76. The molecule has 0 aromatic heterocycles. The summed E-state index contributed by atoms with van der Waals surface area (Å²) in [6.07, 6.45) is 0.146. The van der Waals surface area contributed by atoms with Gasteiger partial charge in [0, 0.05) is 5.69 Å². The van der Waals surface area contributed by atoms with Crippen LogP contribution in [0.1, 0.15) is 6.42 Å². The van der Waals surface area contributed by atoms with Crippen LogP contribution < -0.4 is 15.8 Å². The van der Waals surface area contributed by atoms with Crippen LogP contribution in [0.3, 0.4) is 0 Å². The van der Waals surface area contributed by atoms with Gasteiger partial charge in [0.1, 0.15) is 6.04 Å². The Labute approximate surface area is 122 Å². The van der Waals surface area contributed by atoms with Gasteiger partial charge in [-0.1, -0.05) is 36.4 Å². The van der Waals surface area contributed by atoms with E-state index in [1.54, 1.807) is 24.3 Å². The molecule has 2 amide bonds. The van der Waals surface area contributed by atoms with Crippen molar-refractivity contribution in [2.75, 3.05) is 10.3 Å². The number of nitrogens with one attached hydrogen (secondary N) is 2. The Balaban J connectivity index is 1.69. The van der Waals surface area contributed by atoms with Crippen LogP contribution in [0.25, 0.3) is 0 Å². The maximum atomic E-state index is 12.3. The van der Waals surface area contributed by atoms with Crippen LogP contribution in [-0.2, 0) is 9.59 Å². The number of hydrazine groups is 1. The first kappa shape index (κ1) is 13.3. The predicted molar refractivity (Wildman–Crippen MR) is 80.5 cm³/mol. The van der Waals surface area contributed by atoms with Crippen molar-refractivity contribution in [3.63, 3.8) is 0 Å². The van der Waals surface area contributed by atoms with E-state index >= 15 is 0 Å². The molecule has 5 nitrogen and oxygen atoms in total. The second-order valence-electron chi connectivity index (χ2n) is 4.80. The van der Waals surface area contributed by atoms with Crippen LogP contribution in [0.2, 0.25) is 0 Å². The number of carbonyl (C=O) groups excluding carboxylic acids is 2. The minimum atomic E-state index is -0.557. The van der Waals surface area contributed by atoms with Gasteiger partial charge in [-0.3, -0.25) is 9.59 Å². The third kappa shape index (κ3) is 2.78. The molecule has 0 bridgehead atoms. The molecule has 1 aliphatic heterocycles. The van der Waals surface area contributed by atoms with Crippen LogP contribution in [0.5, 0.6) is 0 Å². The molecule has 1 atom stereocenters. The molecule has 21 heavy (non-hydrogen) atoms. The highest BCUT2D eigenvalue weighted by Crippen LogP contribution is 2.22. The van der Waals surface area contributed by atoms with Crippen LogP contribution in [0, 0.1) is 0 Å². The first-order valence-electron chi connectivity index (χ1n) is 6.74. The smallest absolute Gasteiger partial charge is 0.253 e. The van der Waals surface area contributed by atoms with Gasteiger partial charge in [-0.2, -0.15) is 0 Å². The van der Waals surface area contributed by atoms with Crippen molar-refractivity contribution in [1.82, 2.24) is 5.43 Å². The van der Waals surface area contributed by atoms with E-state index in [1.165, 1.54) is 4.90 Å². The Morgan fingerprint density at radius 2 is 1.52 bits per heavy atom. The van der Waals surface area contributed by atoms with Crippen molar-refractivity contribution >= 4 is 23.2 Å². The fraction of sp³-hybridized carbons (Fsp3) is 0.125. The number of hydrogen-bond acceptors (Lipinski definition) is 4. The molecule has 0 saturated carbocycles. The van der Waals surface area contributed by atoms with E-state index in [1.807, 2.05) is 36.4 Å². The zero-order valence-electron chi connectivity index (χ0n) is 11.3. The number of carbonyl (C=O) groups is 2. The van der Waals surface area contributed by atoms with E-state index < -0.39 is 6.04 Å². The second-order valence-corrected chi connectivity index (χ2v) is 4.80. The Bertz CT molecular complexity index is 643. The molecule has 1 heterocycles. The standard InChI is InChI=1S/C16H15N3O2/c20-15-11-14(18-17-12-7-3-1-4-8-12)16(21)19(15)13-9-5-2-6-10-13/h1-10,14,17-18H,11H2/t14-/m1/s1. The van der Waals surface area contributed by atoms with E-state index in [2.05, 4.69) is 10.9 Å². The van der Waals surface area contributed by atoms with Gasteiger partial charge >= 0.3 is 0 Å². The lowest BCUT2D eigenvalue weighted by molar-refractivity contribution is -0.121. The van der Waals surface area contributed by atoms with Crippen molar-refractivity contribution < 1.29 is 9.59 Å². The van der Waals surface area contributed by atoms with E-state index in [-0.39, 0.29) is 18.2 Å². The zero-order valence-corrected chi connectivity index (χ0v) is 11.3. The Morgan fingerprint density at radius 3 is 2.19 bits per heavy atom. The minimum Gasteiger partial charge on any atom is -0.321 e. The summed E-state index contributed by atoms with van der Waals surface area (Å²) in [6.45, 7) is 0. The van der Waals surface area contributed by atoms with Gasteiger partial charge < -0.3 is 5.43 Å². The number of imide groups is 1. The molecule has 5 heteroatoms. The number of hydrogen-bond donors (Lipinski definition) is 2. The molecule has 2 aromatic carbocycles. The molecule has 1 fully saturated rings. The number of amides is 2. The minimum absolute atomic E-state index is 0.146. The highest BCUT2D eigenvalue weighted by molar-refractivity contribution is 6.22. The van der Waals surface area contributed by atoms with Crippen molar-refractivity contribution in [3.05, 3.63) is 60.7 Å². The molecule has 2 N–H and O–H groups in total. The number of rotatable bonds is 4. The summed E-state index contributed by atoms with van der Waals surface area (Å²) in [6, 6.07) is 17.9. The molecule has 1 aliphatic rings. The van der Waals surface area contributed by atoms with Crippen LogP contribution in [0.4, 0.5) is 11.4 Å². The maximum absolute atomic E-state index is 12.3. The van der Waals surface area contributed by atoms with Gasteiger partial charge in [-0.05, 0) is 24.3 Å². The average Bonchev–Trinajstić information content (AvgIpc) is 2.81. The third-order valence-electron chi connectivity index (χ3n) is 3.33. The average molecular weight is 281 g/mol. The van der Waals surface area contributed by atoms with Gasteiger partial charge in [0.2, 0.25) is 5.91 Å². The third-order valence-corrected chi connectivity index (χ3v) is 3.33. The van der Waals surface area contributed by atoms with Crippen molar-refractivity contribution in [2.24, 2.45) is 0 Å². The van der Waals surface area contributed by atoms with Crippen LogP contribution >= 0.6 is 0 Å². The summed E-state index contributed by atoms with van der Waals surface area (Å²) >= 11 is 0. The first-order valence-corrected chi connectivity index (χ1v) is 6.74. The van der Waals surface area contributed by atoms with E-state index in [0.717, 1.165) is 5.69 Å². The number of benzene rings is 2. The monoisotopic (exact) mass is 281 g/mol. The molecule has 0 radical (unpaired) electrons. The lowest BCUT2D eigenvalue weighted by Crippen LogP contribution is -2.41. The number of nitrogens with zero attached hydrogens (tertiary/aromatic N) is 1. The molecule has 2 aromatic rings.